The van der Waals surface area contributed by atoms with Gasteiger partial charge in [0, 0.05) is 35.7 Å². The minimum atomic E-state index is 0.386. The zero-order valence-corrected chi connectivity index (χ0v) is 16.8. The normalized spacial score (nSPS) is 38.3. The maximum absolute atomic E-state index is 4.13. The van der Waals surface area contributed by atoms with E-state index in [9.17, 15) is 0 Å². The lowest BCUT2D eigenvalue weighted by Crippen LogP contribution is -2.63. The molecule has 1 aromatic heterocycles. The Bertz CT molecular complexity index is 814. The van der Waals surface area contributed by atoms with Crippen LogP contribution in [0.1, 0.15) is 71.3 Å². The monoisotopic (exact) mass is 350 g/mol. The molecule has 4 aliphatic rings. The Labute approximate surface area is 158 Å². The molecule has 0 radical (unpaired) electrons. The summed E-state index contributed by atoms with van der Waals surface area (Å²) in [7, 11) is 0. The number of nitrogens with zero attached hydrogens (tertiary/aromatic N) is 1. The number of benzene rings is 1. The molecule has 140 valence electrons. The Morgan fingerprint density at radius 3 is 2.46 bits per heavy atom. The van der Waals surface area contributed by atoms with Crippen molar-refractivity contribution in [1.82, 2.24) is 9.88 Å². The van der Waals surface area contributed by atoms with Gasteiger partial charge < -0.3 is 9.88 Å². The van der Waals surface area contributed by atoms with E-state index in [0.717, 1.165) is 19.0 Å². The highest BCUT2D eigenvalue weighted by Gasteiger charge is 2.59. The van der Waals surface area contributed by atoms with Crippen molar-refractivity contribution >= 4 is 10.9 Å². The van der Waals surface area contributed by atoms with Gasteiger partial charge in [-0.25, -0.2) is 0 Å². The first-order valence-electron chi connectivity index (χ1n) is 10.7. The number of hydrogen-bond acceptors (Lipinski definition) is 1. The summed E-state index contributed by atoms with van der Waals surface area (Å²) in [5.41, 5.74) is 4.43. The zero-order chi connectivity index (χ0) is 18.0. The Kier molecular flexibility index (Phi) is 3.64. The largest absolute Gasteiger partial charge is 0.347 e. The number of aromatic nitrogens is 1. The van der Waals surface area contributed by atoms with Crippen LogP contribution in [0.25, 0.3) is 10.9 Å². The number of para-hydroxylation sites is 1. The predicted molar refractivity (Wildman–Crippen MR) is 109 cm³/mol. The average molecular weight is 351 g/mol. The summed E-state index contributed by atoms with van der Waals surface area (Å²) in [6.07, 6.45) is 12.2. The molecule has 0 saturated heterocycles. The molecule has 1 heterocycles. The van der Waals surface area contributed by atoms with Crippen LogP contribution in [-0.4, -0.2) is 10.1 Å². The Balaban J connectivity index is 1.42. The lowest BCUT2D eigenvalue weighted by molar-refractivity contribution is -0.118. The molecule has 2 heteroatoms. The molecule has 2 nitrogen and oxygen atoms in total. The van der Waals surface area contributed by atoms with E-state index in [0.29, 0.717) is 16.4 Å². The third-order valence-electron chi connectivity index (χ3n) is 7.62. The molecule has 1 N–H and O–H groups in total. The van der Waals surface area contributed by atoms with Crippen molar-refractivity contribution in [2.75, 3.05) is 0 Å². The highest BCUT2D eigenvalue weighted by molar-refractivity contribution is 5.83. The van der Waals surface area contributed by atoms with Gasteiger partial charge in [0.05, 0.1) is 0 Å². The summed E-state index contributed by atoms with van der Waals surface area (Å²) < 4.78 is 2.45. The lowest BCUT2D eigenvalue weighted by atomic mass is 9.43. The van der Waals surface area contributed by atoms with Crippen LogP contribution in [0.2, 0.25) is 0 Å². The molecule has 0 spiro atoms. The quantitative estimate of drug-likeness (QED) is 0.711. The van der Waals surface area contributed by atoms with Crippen LogP contribution in [-0.2, 0) is 13.1 Å². The third-order valence-corrected chi connectivity index (χ3v) is 7.62. The van der Waals surface area contributed by atoms with E-state index in [1.165, 1.54) is 61.4 Å². The highest BCUT2D eigenvalue weighted by atomic mass is 15.0. The van der Waals surface area contributed by atoms with Crippen LogP contribution in [0.15, 0.2) is 30.5 Å². The van der Waals surface area contributed by atoms with E-state index >= 15 is 0 Å². The molecule has 1 aromatic carbocycles. The van der Waals surface area contributed by atoms with Crippen molar-refractivity contribution in [2.24, 2.45) is 16.7 Å². The Hall–Kier alpha value is -1.28. The van der Waals surface area contributed by atoms with Crippen molar-refractivity contribution in [3.05, 3.63) is 36.0 Å². The van der Waals surface area contributed by atoms with Crippen molar-refractivity contribution < 1.29 is 0 Å². The average Bonchev–Trinajstić information content (AvgIpc) is 2.88. The van der Waals surface area contributed by atoms with Crippen molar-refractivity contribution in [2.45, 2.75) is 84.3 Å². The molecular formula is C24H34N2. The second-order valence-electron chi connectivity index (χ2n) is 10.6. The van der Waals surface area contributed by atoms with Crippen LogP contribution in [0.3, 0.4) is 0 Å². The molecule has 4 saturated carbocycles. The van der Waals surface area contributed by atoms with Crippen molar-refractivity contribution in [3.63, 3.8) is 0 Å². The number of fused-ring (bicyclic) bond motifs is 1. The van der Waals surface area contributed by atoms with E-state index < -0.39 is 0 Å². The van der Waals surface area contributed by atoms with Gasteiger partial charge in [-0.2, -0.15) is 0 Å². The highest BCUT2D eigenvalue weighted by Crippen LogP contribution is 2.66. The molecule has 4 fully saturated rings. The fourth-order valence-electron chi connectivity index (χ4n) is 7.82. The summed E-state index contributed by atoms with van der Waals surface area (Å²) in [5.74, 6) is 0.954. The fraction of sp³-hybridized carbons (Fsp3) is 0.667. The van der Waals surface area contributed by atoms with Gasteiger partial charge in [0.2, 0.25) is 0 Å². The maximum Gasteiger partial charge on any atom is 0.0483 e. The molecule has 2 unspecified atom stereocenters. The van der Waals surface area contributed by atoms with Crippen LogP contribution in [0, 0.1) is 16.7 Å². The minimum absolute atomic E-state index is 0.386. The molecule has 2 aromatic rings. The van der Waals surface area contributed by atoms with Gasteiger partial charge in [-0.05, 0) is 73.3 Å². The van der Waals surface area contributed by atoms with Gasteiger partial charge in [0.25, 0.3) is 0 Å². The molecule has 4 aliphatic carbocycles. The first kappa shape index (κ1) is 16.9. The SMILES string of the molecule is CCCn1cc(CNC23CC4C[C@@](C)(C2)C[C@](C)(C4)C3)c2ccccc21. The van der Waals surface area contributed by atoms with E-state index in [4.69, 9.17) is 0 Å². The third kappa shape index (κ3) is 2.64. The van der Waals surface area contributed by atoms with Gasteiger partial charge in [-0.15, -0.1) is 0 Å². The maximum atomic E-state index is 4.13. The van der Waals surface area contributed by atoms with Gasteiger partial charge >= 0.3 is 0 Å². The summed E-state index contributed by atoms with van der Waals surface area (Å²) in [5, 5.41) is 5.57. The van der Waals surface area contributed by atoms with Crippen LogP contribution in [0.4, 0.5) is 0 Å². The number of rotatable bonds is 5. The minimum Gasteiger partial charge on any atom is -0.347 e. The van der Waals surface area contributed by atoms with Crippen molar-refractivity contribution in [3.8, 4) is 0 Å². The molecule has 0 amide bonds. The van der Waals surface area contributed by atoms with E-state index in [1.54, 1.807) is 0 Å². The molecule has 26 heavy (non-hydrogen) atoms. The molecule has 0 aliphatic heterocycles. The zero-order valence-electron chi connectivity index (χ0n) is 16.8. The van der Waals surface area contributed by atoms with Crippen LogP contribution < -0.4 is 5.32 Å². The number of nitrogens with one attached hydrogen (secondary N) is 1. The number of aryl methyl sites for hydroxylation is 1. The Morgan fingerprint density at radius 1 is 1.04 bits per heavy atom. The predicted octanol–water partition coefficient (Wildman–Crippen LogP) is 5.89. The topological polar surface area (TPSA) is 17.0 Å². The van der Waals surface area contributed by atoms with Gasteiger partial charge in [-0.1, -0.05) is 39.0 Å². The summed E-state index contributed by atoms with van der Waals surface area (Å²) in [6.45, 7) is 9.54. The molecule has 4 bridgehead atoms. The van der Waals surface area contributed by atoms with Gasteiger partial charge in [0.15, 0.2) is 0 Å². The lowest BCUT2D eigenvalue weighted by Gasteiger charge is -2.65. The van der Waals surface area contributed by atoms with Crippen molar-refractivity contribution in [1.29, 1.82) is 0 Å². The fourth-order valence-corrected chi connectivity index (χ4v) is 7.82. The van der Waals surface area contributed by atoms with E-state index in [-0.39, 0.29) is 0 Å². The van der Waals surface area contributed by atoms with Crippen LogP contribution >= 0.6 is 0 Å². The number of hydrogen-bond donors (Lipinski definition) is 1. The summed E-state index contributed by atoms with van der Waals surface area (Å²) >= 11 is 0. The first-order valence-corrected chi connectivity index (χ1v) is 10.7. The molecular weight excluding hydrogens is 316 g/mol. The first-order chi connectivity index (χ1) is 12.4. The molecule has 6 rings (SSSR count). The van der Waals surface area contributed by atoms with E-state index in [1.807, 2.05) is 0 Å². The van der Waals surface area contributed by atoms with Gasteiger partial charge in [-0.3, -0.25) is 0 Å². The summed E-state index contributed by atoms with van der Waals surface area (Å²) in [4.78, 5) is 0. The van der Waals surface area contributed by atoms with E-state index in [2.05, 4.69) is 61.1 Å². The Morgan fingerprint density at radius 2 is 1.77 bits per heavy atom. The second kappa shape index (κ2) is 5.61. The van der Waals surface area contributed by atoms with Crippen LogP contribution in [0.5, 0.6) is 0 Å². The molecule has 4 atom stereocenters. The standard InChI is InChI=1S/C24H34N2/c1-4-9-26-14-19(20-7-5-6-8-21(20)26)13-25-24-12-18-10-22(2,16-24)15-23(3,11-18)17-24/h5-8,14,18,25H,4,9-13,15-17H2,1-3H3/t18?,22-,23+,24?. The smallest absolute Gasteiger partial charge is 0.0483 e. The van der Waals surface area contributed by atoms with Gasteiger partial charge in [0.1, 0.15) is 0 Å². The summed E-state index contributed by atoms with van der Waals surface area (Å²) in [6, 6.07) is 8.95. The second-order valence-corrected chi connectivity index (χ2v) is 10.6.